The third-order valence-corrected chi connectivity index (χ3v) is 6.41. The minimum absolute atomic E-state index is 0.183. The largest absolute Gasteiger partial charge is 0.324 e. The number of imidazole rings is 1. The smallest absolute Gasteiger partial charge is 0.144 e. The molecule has 2 heterocycles. The monoisotopic (exact) mass is 406 g/mol. The quantitative estimate of drug-likeness (QED) is 0.573. The number of halogens is 1. The molecular formula is C25H31FN4. The molecule has 4 nitrogen and oxygen atoms in total. The third kappa shape index (κ3) is 4.42. The molecule has 3 aromatic rings. The average molecular weight is 407 g/mol. The van der Waals surface area contributed by atoms with Gasteiger partial charge in [0, 0.05) is 19.1 Å². The molecule has 0 spiro atoms. The van der Waals surface area contributed by atoms with Gasteiger partial charge < -0.3 is 14.8 Å². The van der Waals surface area contributed by atoms with E-state index in [9.17, 15) is 0 Å². The predicted molar refractivity (Wildman–Crippen MR) is 120 cm³/mol. The van der Waals surface area contributed by atoms with Crippen molar-refractivity contribution in [3.63, 3.8) is 0 Å². The van der Waals surface area contributed by atoms with Crippen LogP contribution >= 0.6 is 0 Å². The number of aryl methyl sites for hydroxylation is 1. The molecule has 5 heteroatoms. The fraction of sp³-hybridized carbons (Fsp3) is 0.480. The van der Waals surface area contributed by atoms with Crippen molar-refractivity contribution in [3.8, 4) is 11.4 Å². The second-order valence-electron chi connectivity index (χ2n) is 8.80. The Bertz CT molecular complexity index is 1000. The molecule has 5 rings (SSSR count). The van der Waals surface area contributed by atoms with Crippen LogP contribution in [0.25, 0.3) is 22.4 Å². The molecule has 1 aromatic heterocycles. The summed E-state index contributed by atoms with van der Waals surface area (Å²) in [7, 11) is 0. The van der Waals surface area contributed by atoms with Crippen LogP contribution in [0.5, 0.6) is 0 Å². The van der Waals surface area contributed by atoms with Crippen LogP contribution in [0.2, 0.25) is 0 Å². The number of benzene rings is 2. The molecule has 30 heavy (non-hydrogen) atoms. The van der Waals surface area contributed by atoms with Gasteiger partial charge in [-0.2, -0.15) is 0 Å². The molecule has 0 amide bonds. The average Bonchev–Trinajstić information content (AvgIpc) is 3.54. The second-order valence-corrected chi connectivity index (χ2v) is 8.80. The lowest BCUT2D eigenvalue weighted by atomic mass is 10.1. The van der Waals surface area contributed by atoms with Crippen molar-refractivity contribution >= 4 is 11.0 Å². The van der Waals surface area contributed by atoms with Crippen molar-refractivity contribution in [1.29, 1.82) is 0 Å². The van der Waals surface area contributed by atoms with Crippen LogP contribution in [0.1, 0.15) is 44.1 Å². The van der Waals surface area contributed by atoms with Crippen molar-refractivity contribution in [1.82, 2.24) is 19.8 Å². The van der Waals surface area contributed by atoms with Gasteiger partial charge in [-0.3, -0.25) is 0 Å². The number of piperidine rings is 1. The molecule has 1 N–H and O–H groups in total. The first kappa shape index (κ1) is 19.7. The van der Waals surface area contributed by atoms with E-state index in [2.05, 4.69) is 20.9 Å². The van der Waals surface area contributed by atoms with E-state index < -0.39 is 0 Å². The zero-order valence-electron chi connectivity index (χ0n) is 17.6. The van der Waals surface area contributed by atoms with E-state index in [0.717, 1.165) is 48.5 Å². The molecule has 1 aliphatic heterocycles. The Kier molecular flexibility index (Phi) is 5.82. The van der Waals surface area contributed by atoms with Crippen molar-refractivity contribution in [2.75, 3.05) is 19.6 Å². The van der Waals surface area contributed by atoms with Crippen LogP contribution in [0.15, 0.2) is 42.5 Å². The number of rotatable bonds is 8. The highest BCUT2D eigenvalue weighted by Crippen LogP contribution is 2.28. The predicted octanol–water partition coefficient (Wildman–Crippen LogP) is 4.97. The maximum atomic E-state index is 15.1. The van der Waals surface area contributed by atoms with Crippen LogP contribution < -0.4 is 5.32 Å². The lowest BCUT2D eigenvalue weighted by molar-refractivity contribution is 0.223. The SMILES string of the molecule is Fc1cc(CNC2CC2)ccc1-c1nc2ccccc2n1CCCN1CCCCC1. The third-order valence-electron chi connectivity index (χ3n) is 6.41. The maximum absolute atomic E-state index is 15.1. The number of aromatic nitrogens is 2. The van der Waals surface area contributed by atoms with Crippen molar-refractivity contribution in [3.05, 3.63) is 53.8 Å². The van der Waals surface area contributed by atoms with Crippen molar-refractivity contribution < 1.29 is 4.39 Å². The molecule has 1 saturated heterocycles. The molecule has 2 aromatic carbocycles. The van der Waals surface area contributed by atoms with Gasteiger partial charge in [-0.25, -0.2) is 9.37 Å². The number of hydrogen-bond donors (Lipinski definition) is 1. The van der Waals surface area contributed by atoms with Gasteiger partial charge in [-0.1, -0.05) is 24.6 Å². The van der Waals surface area contributed by atoms with Crippen LogP contribution in [0, 0.1) is 5.82 Å². The first-order valence-electron chi connectivity index (χ1n) is 11.5. The first-order valence-corrected chi connectivity index (χ1v) is 11.5. The Morgan fingerprint density at radius 3 is 2.63 bits per heavy atom. The molecule has 1 aliphatic carbocycles. The number of likely N-dealkylation sites (tertiary alicyclic amines) is 1. The normalized spacial score (nSPS) is 17.6. The molecule has 0 unspecified atom stereocenters. The van der Waals surface area contributed by atoms with E-state index in [1.807, 2.05) is 30.3 Å². The Morgan fingerprint density at radius 1 is 1.00 bits per heavy atom. The first-order chi connectivity index (χ1) is 14.8. The fourth-order valence-electron chi connectivity index (χ4n) is 4.54. The summed E-state index contributed by atoms with van der Waals surface area (Å²) in [4.78, 5) is 7.38. The van der Waals surface area contributed by atoms with E-state index in [1.54, 1.807) is 6.07 Å². The van der Waals surface area contributed by atoms with Gasteiger partial charge in [-0.15, -0.1) is 0 Å². The fourth-order valence-corrected chi connectivity index (χ4v) is 4.54. The van der Waals surface area contributed by atoms with Crippen molar-refractivity contribution in [2.24, 2.45) is 0 Å². The number of fused-ring (bicyclic) bond motifs is 1. The summed E-state index contributed by atoms with van der Waals surface area (Å²) in [5.74, 6) is 0.562. The lowest BCUT2D eigenvalue weighted by Gasteiger charge is -2.26. The molecule has 0 bridgehead atoms. The highest BCUT2D eigenvalue weighted by Gasteiger charge is 2.21. The molecule has 0 radical (unpaired) electrons. The van der Waals surface area contributed by atoms with Gasteiger partial charge in [0.1, 0.15) is 11.6 Å². The zero-order valence-corrected chi connectivity index (χ0v) is 17.6. The van der Waals surface area contributed by atoms with Gasteiger partial charge >= 0.3 is 0 Å². The van der Waals surface area contributed by atoms with Gasteiger partial charge in [0.15, 0.2) is 0 Å². The van der Waals surface area contributed by atoms with Crippen LogP contribution in [-0.4, -0.2) is 40.1 Å². The topological polar surface area (TPSA) is 33.1 Å². The Balaban J connectivity index is 1.38. The molecule has 1 saturated carbocycles. The summed E-state index contributed by atoms with van der Waals surface area (Å²) in [6.07, 6.45) is 7.51. The zero-order chi connectivity index (χ0) is 20.3. The summed E-state index contributed by atoms with van der Waals surface area (Å²) < 4.78 is 17.3. The van der Waals surface area contributed by atoms with Crippen LogP contribution in [0.4, 0.5) is 4.39 Å². The van der Waals surface area contributed by atoms with Gasteiger partial charge in [0.2, 0.25) is 0 Å². The Hall–Kier alpha value is -2.24. The van der Waals surface area contributed by atoms with Crippen LogP contribution in [-0.2, 0) is 13.1 Å². The minimum Gasteiger partial charge on any atom is -0.324 e. The van der Waals surface area contributed by atoms with E-state index >= 15 is 4.39 Å². The number of para-hydroxylation sites is 2. The molecular weight excluding hydrogens is 375 g/mol. The highest BCUT2D eigenvalue weighted by atomic mass is 19.1. The van der Waals surface area contributed by atoms with Gasteiger partial charge in [0.05, 0.1) is 16.6 Å². The second kappa shape index (κ2) is 8.86. The van der Waals surface area contributed by atoms with Gasteiger partial charge in [0.25, 0.3) is 0 Å². The summed E-state index contributed by atoms with van der Waals surface area (Å²) >= 11 is 0. The summed E-state index contributed by atoms with van der Waals surface area (Å²) in [5.41, 5.74) is 3.62. The summed E-state index contributed by atoms with van der Waals surface area (Å²) in [5, 5.41) is 3.46. The highest BCUT2D eigenvalue weighted by molar-refractivity contribution is 5.80. The van der Waals surface area contributed by atoms with Gasteiger partial charge in [-0.05, 0) is 81.6 Å². The van der Waals surface area contributed by atoms with E-state index in [1.165, 1.54) is 45.2 Å². The standard InChI is InChI=1S/C25H31FN4/c26-22-17-19(18-27-20-10-11-20)9-12-21(22)25-28-23-7-2-3-8-24(23)30(25)16-6-15-29-13-4-1-5-14-29/h2-3,7-9,12,17,20,27H,1,4-6,10-11,13-16,18H2. The minimum atomic E-state index is -0.183. The number of nitrogens with zero attached hydrogens (tertiary/aromatic N) is 3. The Labute approximate surface area is 178 Å². The van der Waals surface area contributed by atoms with Crippen LogP contribution in [0.3, 0.4) is 0 Å². The molecule has 2 aliphatic rings. The summed E-state index contributed by atoms with van der Waals surface area (Å²) in [6.45, 7) is 5.11. The van der Waals surface area contributed by atoms with Crippen molar-refractivity contribution in [2.45, 2.75) is 57.7 Å². The van der Waals surface area contributed by atoms with E-state index in [0.29, 0.717) is 11.6 Å². The maximum Gasteiger partial charge on any atom is 0.144 e. The van der Waals surface area contributed by atoms with E-state index in [4.69, 9.17) is 4.98 Å². The molecule has 158 valence electrons. The van der Waals surface area contributed by atoms with E-state index in [-0.39, 0.29) is 5.82 Å². The number of hydrogen-bond acceptors (Lipinski definition) is 3. The Morgan fingerprint density at radius 2 is 1.83 bits per heavy atom. The number of nitrogens with one attached hydrogen (secondary N) is 1. The summed E-state index contributed by atoms with van der Waals surface area (Å²) in [6, 6.07) is 14.4. The molecule has 2 fully saturated rings. The lowest BCUT2D eigenvalue weighted by Crippen LogP contribution is -2.31. The molecule has 0 atom stereocenters.